The van der Waals surface area contributed by atoms with Crippen LogP contribution in [0.15, 0.2) is 30.6 Å². The van der Waals surface area contributed by atoms with Gasteiger partial charge < -0.3 is 14.6 Å². The molecule has 19 heavy (non-hydrogen) atoms. The normalized spacial score (nSPS) is 10.7. The van der Waals surface area contributed by atoms with Crippen LogP contribution in [-0.4, -0.2) is 23.7 Å². The highest BCUT2D eigenvalue weighted by Crippen LogP contribution is 2.26. The maximum absolute atomic E-state index is 5.30. The molecular weight excluding hydrogens is 238 g/mol. The monoisotopic (exact) mass is 259 g/mol. The molecule has 0 atom stereocenters. The number of nitrogens with one attached hydrogen (secondary N) is 1. The molecule has 0 spiro atoms. The van der Waals surface area contributed by atoms with E-state index in [4.69, 9.17) is 4.74 Å². The Morgan fingerprint density at radius 2 is 2.21 bits per heavy atom. The summed E-state index contributed by atoms with van der Waals surface area (Å²) in [6.07, 6.45) is 4.99. The number of imidazole rings is 1. The second kappa shape index (κ2) is 6.38. The van der Waals surface area contributed by atoms with E-state index in [2.05, 4.69) is 33.9 Å². The topological polar surface area (TPSA) is 39.1 Å². The molecular formula is C15H21N3O. The summed E-state index contributed by atoms with van der Waals surface area (Å²) in [5.41, 5.74) is 2.36. The Labute approximate surface area is 114 Å². The van der Waals surface area contributed by atoms with Gasteiger partial charge in [-0.2, -0.15) is 0 Å². The molecule has 1 heterocycles. The first-order valence-corrected chi connectivity index (χ1v) is 6.63. The number of methoxy groups -OCH3 is 1. The molecule has 0 amide bonds. The smallest absolute Gasteiger partial charge is 0.140 e. The van der Waals surface area contributed by atoms with Gasteiger partial charge in [-0.15, -0.1) is 0 Å². The van der Waals surface area contributed by atoms with Crippen LogP contribution in [0.3, 0.4) is 0 Å². The van der Waals surface area contributed by atoms with Gasteiger partial charge in [-0.05, 0) is 37.2 Å². The highest BCUT2D eigenvalue weighted by atomic mass is 16.5. The van der Waals surface area contributed by atoms with Gasteiger partial charge in [0, 0.05) is 31.0 Å². The zero-order chi connectivity index (χ0) is 13.7. The Balaban J connectivity index is 2.44. The van der Waals surface area contributed by atoms with E-state index < -0.39 is 0 Å². The van der Waals surface area contributed by atoms with Crippen molar-refractivity contribution in [2.75, 3.05) is 14.2 Å². The Kier molecular flexibility index (Phi) is 4.58. The second-order valence-corrected chi connectivity index (χ2v) is 4.50. The van der Waals surface area contributed by atoms with Gasteiger partial charge in [0.2, 0.25) is 0 Å². The summed E-state index contributed by atoms with van der Waals surface area (Å²) in [5, 5.41) is 3.20. The van der Waals surface area contributed by atoms with Crippen molar-refractivity contribution in [3.05, 3.63) is 36.2 Å². The second-order valence-electron chi connectivity index (χ2n) is 4.50. The number of rotatable bonds is 6. The highest BCUT2D eigenvalue weighted by molar-refractivity contribution is 5.62. The van der Waals surface area contributed by atoms with Crippen molar-refractivity contribution in [2.24, 2.45) is 0 Å². The van der Waals surface area contributed by atoms with E-state index in [9.17, 15) is 0 Å². The van der Waals surface area contributed by atoms with Crippen LogP contribution >= 0.6 is 0 Å². The Bertz CT molecular complexity index is 534. The molecule has 0 saturated carbocycles. The summed E-state index contributed by atoms with van der Waals surface area (Å²) in [4.78, 5) is 4.50. The standard InChI is InChI=1S/C15H21N3O/c1-4-8-18-9-7-17-15(18)14-6-5-13(19-3)10-12(14)11-16-2/h5-7,9-10,16H,4,8,11H2,1-3H3. The van der Waals surface area contributed by atoms with Crippen LogP contribution in [0.1, 0.15) is 18.9 Å². The van der Waals surface area contributed by atoms with Gasteiger partial charge in [0.25, 0.3) is 0 Å². The number of aromatic nitrogens is 2. The lowest BCUT2D eigenvalue weighted by Crippen LogP contribution is -2.08. The van der Waals surface area contributed by atoms with Crippen molar-refractivity contribution >= 4 is 0 Å². The summed E-state index contributed by atoms with van der Waals surface area (Å²) in [6, 6.07) is 6.14. The molecule has 0 saturated heterocycles. The van der Waals surface area contributed by atoms with Gasteiger partial charge in [-0.1, -0.05) is 6.92 Å². The van der Waals surface area contributed by atoms with Crippen LogP contribution in [0, 0.1) is 0 Å². The fraction of sp³-hybridized carbons (Fsp3) is 0.400. The Morgan fingerprint density at radius 1 is 1.37 bits per heavy atom. The molecule has 1 N–H and O–H groups in total. The quantitative estimate of drug-likeness (QED) is 0.867. The summed E-state index contributed by atoms with van der Waals surface area (Å²) in [5.74, 6) is 1.90. The van der Waals surface area contributed by atoms with Crippen molar-refractivity contribution in [3.63, 3.8) is 0 Å². The lowest BCUT2D eigenvalue weighted by molar-refractivity contribution is 0.414. The minimum absolute atomic E-state index is 0.797. The molecule has 4 heteroatoms. The van der Waals surface area contributed by atoms with E-state index in [1.165, 1.54) is 5.56 Å². The predicted octanol–water partition coefficient (Wildman–Crippen LogP) is 2.69. The van der Waals surface area contributed by atoms with Gasteiger partial charge in [0.05, 0.1) is 7.11 Å². The van der Waals surface area contributed by atoms with Crippen molar-refractivity contribution < 1.29 is 4.74 Å². The minimum atomic E-state index is 0.797. The van der Waals surface area contributed by atoms with Crippen LogP contribution in [-0.2, 0) is 13.1 Å². The van der Waals surface area contributed by atoms with Crippen LogP contribution < -0.4 is 10.1 Å². The van der Waals surface area contributed by atoms with Crippen molar-refractivity contribution in [3.8, 4) is 17.1 Å². The molecule has 2 aromatic rings. The molecule has 4 nitrogen and oxygen atoms in total. The average Bonchev–Trinajstić information content (AvgIpc) is 2.87. The Morgan fingerprint density at radius 3 is 2.89 bits per heavy atom. The fourth-order valence-electron chi connectivity index (χ4n) is 2.23. The van der Waals surface area contributed by atoms with Crippen LogP contribution in [0.2, 0.25) is 0 Å². The largest absolute Gasteiger partial charge is 0.497 e. The lowest BCUT2D eigenvalue weighted by atomic mass is 10.1. The number of hydrogen-bond acceptors (Lipinski definition) is 3. The molecule has 0 aliphatic heterocycles. The molecule has 0 unspecified atom stereocenters. The van der Waals surface area contributed by atoms with Gasteiger partial charge in [0.15, 0.2) is 0 Å². The molecule has 1 aromatic heterocycles. The molecule has 1 aromatic carbocycles. The molecule has 2 rings (SSSR count). The third-order valence-corrected chi connectivity index (χ3v) is 3.10. The third-order valence-electron chi connectivity index (χ3n) is 3.10. The number of aryl methyl sites for hydroxylation is 1. The first-order valence-electron chi connectivity index (χ1n) is 6.63. The molecule has 0 aliphatic carbocycles. The first-order chi connectivity index (χ1) is 9.30. The van der Waals surface area contributed by atoms with Crippen LogP contribution in [0.5, 0.6) is 5.75 Å². The van der Waals surface area contributed by atoms with Gasteiger partial charge in [0.1, 0.15) is 11.6 Å². The number of hydrogen-bond donors (Lipinski definition) is 1. The molecule has 0 bridgehead atoms. The van der Waals surface area contributed by atoms with Crippen molar-refractivity contribution in [1.29, 1.82) is 0 Å². The number of benzene rings is 1. The van der Waals surface area contributed by atoms with Gasteiger partial charge in [-0.3, -0.25) is 0 Å². The van der Waals surface area contributed by atoms with Crippen molar-refractivity contribution in [2.45, 2.75) is 26.4 Å². The molecule has 0 fully saturated rings. The fourth-order valence-corrected chi connectivity index (χ4v) is 2.23. The Hall–Kier alpha value is -1.81. The van der Waals surface area contributed by atoms with Gasteiger partial charge >= 0.3 is 0 Å². The molecule has 102 valence electrons. The summed E-state index contributed by atoms with van der Waals surface area (Å²) >= 11 is 0. The zero-order valence-corrected chi connectivity index (χ0v) is 11.8. The summed E-state index contributed by atoms with van der Waals surface area (Å²) < 4.78 is 7.49. The third kappa shape index (κ3) is 2.96. The van der Waals surface area contributed by atoms with E-state index >= 15 is 0 Å². The van der Waals surface area contributed by atoms with Crippen LogP contribution in [0.4, 0.5) is 0 Å². The summed E-state index contributed by atoms with van der Waals surface area (Å²) in [6.45, 7) is 3.96. The average molecular weight is 259 g/mol. The van der Waals surface area contributed by atoms with Crippen molar-refractivity contribution in [1.82, 2.24) is 14.9 Å². The van der Waals surface area contributed by atoms with E-state index in [0.29, 0.717) is 0 Å². The lowest BCUT2D eigenvalue weighted by Gasteiger charge is -2.12. The number of ether oxygens (including phenoxy) is 1. The van der Waals surface area contributed by atoms with E-state index in [0.717, 1.165) is 36.6 Å². The maximum atomic E-state index is 5.30. The highest BCUT2D eigenvalue weighted by Gasteiger charge is 2.11. The zero-order valence-electron chi connectivity index (χ0n) is 11.8. The van der Waals surface area contributed by atoms with Gasteiger partial charge in [-0.25, -0.2) is 4.98 Å². The van der Waals surface area contributed by atoms with Crippen LogP contribution in [0.25, 0.3) is 11.4 Å². The summed E-state index contributed by atoms with van der Waals surface area (Å²) in [7, 11) is 3.64. The molecule has 0 aliphatic rings. The number of nitrogens with zero attached hydrogens (tertiary/aromatic N) is 2. The predicted molar refractivity (Wildman–Crippen MR) is 77.3 cm³/mol. The molecule has 0 radical (unpaired) electrons. The minimum Gasteiger partial charge on any atom is -0.497 e. The van der Waals surface area contributed by atoms with E-state index in [1.54, 1.807) is 7.11 Å². The van der Waals surface area contributed by atoms with E-state index in [1.807, 2.05) is 25.5 Å². The van der Waals surface area contributed by atoms with E-state index in [-0.39, 0.29) is 0 Å². The first kappa shape index (κ1) is 13.6. The SMILES string of the molecule is CCCn1ccnc1-c1ccc(OC)cc1CNC. The maximum Gasteiger partial charge on any atom is 0.140 e.